The first-order chi connectivity index (χ1) is 17.5. The molecule has 5 rings (SSSR count). The van der Waals surface area contributed by atoms with Gasteiger partial charge in [0.2, 0.25) is 11.2 Å². The van der Waals surface area contributed by atoms with Gasteiger partial charge in [-0.15, -0.1) is 6.58 Å². The summed E-state index contributed by atoms with van der Waals surface area (Å²) in [4.78, 5) is 40.0. The molecule has 0 atom stereocenters. The van der Waals surface area contributed by atoms with Gasteiger partial charge in [0, 0.05) is 22.7 Å². The Morgan fingerprint density at radius 3 is 2.28 bits per heavy atom. The zero-order valence-corrected chi connectivity index (χ0v) is 20.1. The predicted molar refractivity (Wildman–Crippen MR) is 139 cm³/mol. The van der Waals surface area contributed by atoms with Crippen LogP contribution in [0.1, 0.15) is 32.7 Å². The van der Waals surface area contributed by atoms with Crippen molar-refractivity contribution in [2.24, 2.45) is 0 Å². The van der Waals surface area contributed by atoms with Crippen molar-refractivity contribution in [2.75, 3.05) is 13.2 Å². The maximum absolute atomic E-state index is 13.5. The molecule has 2 heterocycles. The first kappa shape index (κ1) is 23.6. The molecule has 0 N–H and O–H groups in total. The number of hydrogen-bond acceptors (Lipinski definition) is 5. The summed E-state index contributed by atoms with van der Waals surface area (Å²) in [7, 11) is 0. The minimum atomic E-state index is -0.344. The van der Waals surface area contributed by atoms with Gasteiger partial charge in [-0.3, -0.25) is 19.3 Å². The van der Waals surface area contributed by atoms with E-state index in [2.05, 4.69) is 6.58 Å². The summed E-state index contributed by atoms with van der Waals surface area (Å²) < 4.78 is 12.2. The first-order valence-corrected chi connectivity index (χ1v) is 11.9. The van der Waals surface area contributed by atoms with Crippen LogP contribution in [0.5, 0.6) is 5.75 Å². The molecule has 1 aliphatic heterocycles. The Morgan fingerprint density at radius 1 is 0.944 bits per heavy atom. The van der Waals surface area contributed by atoms with Crippen LogP contribution in [-0.4, -0.2) is 29.9 Å². The quantitative estimate of drug-likeness (QED) is 0.171. The highest BCUT2D eigenvalue weighted by Gasteiger charge is 2.34. The summed E-state index contributed by atoms with van der Waals surface area (Å²) in [5.74, 6) is -0.283. The Bertz CT molecular complexity index is 1520. The summed E-state index contributed by atoms with van der Waals surface area (Å²) >= 11 is 6.28. The largest absolute Gasteiger partial charge is 0.486 e. The lowest BCUT2D eigenvalue weighted by atomic mass is 10.1. The van der Waals surface area contributed by atoms with Crippen molar-refractivity contribution < 1.29 is 18.7 Å². The summed E-state index contributed by atoms with van der Waals surface area (Å²) in [5, 5.41) is 0.727. The number of ether oxygens (including phenoxy) is 1. The number of nitrogens with zero attached hydrogens (tertiary/aromatic N) is 1. The van der Waals surface area contributed by atoms with Crippen LogP contribution in [0.2, 0.25) is 5.02 Å². The number of amides is 2. The third-order valence-electron chi connectivity index (χ3n) is 6.04. The zero-order valence-electron chi connectivity index (χ0n) is 19.3. The van der Waals surface area contributed by atoms with Crippen molar-refractivity contribution in [1.29, 1.82) is 0 Å². The van der Waals surface area contributed by atoms with Gasteiger partial charge in [-0.2, -0.15) is 0 Å². The average Bonchev–Trinajstić information content (AvgIpc) is 3.13. The Labute approximate surface area is 212 Å². The van der Waals surface area contributed by atoms with Crippen LogP contribution in [0.25, 0.3) is 22.3 Å². The van der Waals surface area contributed by atoms with Crippen LogP contribution in [-0.2, 0) is 6.42 Å². The van der Waals surface area contributed by atoms with Crippen molar-refractivity contribution in [3.8, 4) is 17.1 Å². The SMILES string of the molecule is C=CCc1cc(Cl)cc2c(=O)c(OCCCN3C(=O)c4ccccc4C3=O)c(-c3ccccc3)oc12. The molecule has 0 radical (unpaired) electrons. The molecule has 36 heavy (non-hydrogen) atoms. The Morgan fingerprint density at radius 2 is 1.61 bits per heavy atom. The fourth-order valence-electron chi connectivity index (χ4n) is 4.37. The van der Waals surface area contributed by atoms with E-state index in [-0.39, 0.29) is 36.1 Å². The molecule has 0 unspecified atom stereocenters. The van der Waals surface area contributed by atoms with Crippen molar-refractivity contribution in [3.63, 3.8) is 0 Å². The molecule has 0 saturated heterocycles. The van der Waals surface area contributed by atoms with Gasteiger partial charge in [0.05, 0.1) is 23.1 Å². The van der Waals surface area contributed by atoms with E-state index in [0.717, 1.165) is 5.56 Å². The molecule has 2 amide bonds. The van der Waals surface area contributed by atoms with E-state index < -0.39 is 0 Å². The molecular weight excluding hydrogens is 478 g/mol. The molecule has 1 aromatic heterocycles. The molecule has 6 nitrogen and oxygen atoms in total. The van der Waals surface area contributed by atoms with E-state index in [9.17, 15) is 14.4 Å². The van der Waals surface area contributed by atoms with Gasteiger partial charge in [-0.25, -0.2) is 0 Å². The molecule has 7 heteroatoms. The molecule has 0 spiro atoms. The molecule has 0 aliphatic carbocycles. The fourth-order valence-corrected chi connectivity index (χ4v) is 4.61. The molecule has 0 saturated carbocycles. The second-order valence-electron chi connectivity index (χ2n) is 8.40. The van der Waals surface area contributed by atoms with Crippen LogP contribution in [0, 0.1) is 0 Å². The minimum Gasteiger partial charge on any atom is -0.486 e. The molecule has 3 aromatic carbocycles. The lowest BCUT2D eigenvalue weighted by Crippen LogP contribution is -2.31. The van der Waals surface area contributed by atoms with Gasteiger partial charge in [0.1, 0.15) is 5.58 Å². The number of halogens is 1. The number of carbonyl (C=O) groups excluding carboxylic acids is 2. The van der Waals surface area contributed by atoms with Crippen LogP contribution in [0.4, 0.5) is 0 Å². The topological polar surface area (TPSA) is 76.8 Å². The van der Waals surface area contributed by atoms with Gasteiger partial charge in [-0.05, 0) is 37.1 Å². The van der Waals surface area contributed by atoms with E-state index in [0.29, 0.717) is 51.3 Å². The normalized spacial score (nSPS) is 12.8. The number of hydrogen-bond donors (Lipinski definition) is 0. The van der Waals surface area contributed by atoms with Crippen molar-refractivity contribution in [2.45, 2.75) is 12.8 Å². The molecule has 0 bridgehead atoms. The number of imide groups is 1. The van der Waals surface area contributed by atoms with E-state index in [1.807, 2.05) is 30.3 Å². The van der Waals surface area contributed by atoms with Gasteiger partial charge in [0.25, 0.3) is 11.8 Å². The van der Waals surface area contributed by atoms with E-state index in [1.165, 1.54) is 4.90 Å². The van der Waals surface area contributed by atoms with Crippen molar-refractivity contribution in [1.82, 2.24) is 4.90 Å². The third-order valence-corrected chi connectivity index (χ3v) is 6.26. The molecule has 180 valence electrons. The third kappa shape index (κ3) is 4.20. The highest BCUT2D eigenvalue weighted by molar-refractivity contribution is 6.31. The fraction of sp³-hybridized carbons (Fsp3) is 0.138. The summed E-state index contributed by atoms with van der Waals surface area (Å²) in [5.41, 5.74) is 2.32. The second kappa shape index (κ2) is 9.84. The number of fused-ring (bicyclic) bond motifs is 2. The maximum Gasteiger partial charge on any atom is 0.261 e. The molecule has 1 aliphatic rings. The lowest BCUT2D eigenvalue weighted by Gasteiger charge is -2.16. The summed E-state index contributed by atoms with van der Waals surface area (Å²) in [6.07, 6.45) is 2.54. The van der Waals surface area contributed by atoms with Crippen LogP contribution >= 0.6 is 11.6 Å². The number of benzene rings is 3. The number of carbonyl (C=O) groups is 2. The second-order valence-corrected chi connectivity index (χ2v) is 8.84. The monoisotopic (exact) mass is 499 g/mol. The van der Waals surface area contributed by atoms with E-state index in [1.54, 1.807) is 42.5 Å². The van der Waals surface area contributed by atoms with E-state index in [4.69, 9.17) is 20.8 Å². The van der Waals surface area contributed by atoms with Crippen LogP contribution in [0.3, 0.4) is 0 Å². The molecule has 0 fully saturated rings. The summed E-state index contributed by atoms with van der Waals surface area (Å²) in [6.45, 7) is 4.05. The molecule has 4 aromatic rings. The Kier molecular flexibility index (Phi) is 6.44. The van der Waals surface area contributed by atoms with Gasteiger partial charge >= 0.3 is 0 Å². The Hall–Kier alpha value is -4.16. The predicted octanol–water partition coefficient (Wildman–Crippen LogP) is 5.91. The number of allylic oxidation sites excluding steroid dienone is 1. The van der Waals surface area contributed by atoms with Crippen molar-refractivity contribution in [3.05, 3.63) is 111 Å². The maximum atomic E-state index is 13.5. The standard InChI is InChI=1S/C29H22ClNO5/c1-2-9-19-16-20(30)17-23-24(32)27(26(36-25(19)23)18-10-4-3-5-11-18)35-15-8-14-31-28(33)21-12-6-7-13-22(21)29(31)34/h2-7,10-13,16-17H,1,8-9,14-15H2. The van der Waals surface area contributed by atoms with Gasteiger partial charge in [0.15, 0.2) is 5.76 Å². The smallest absolute Gasteiger partial charge is 0.261 e. The van der Waals surface area contributed by atoms with E-state index >= 15 is 0 Å². The highest BCUT2D eigenvalue weighted by Crippen LogP contribution is 2.34. The minimum absolute atomic E-state index is 0.0582. The lowest BCUT2D eigenvalue weighted by molar-refractivity contribution is 0.0646. The van der Waals surface area contributed by atoms with Crippen LogP contribution in [0.15, 0.2) is 88.6 Å². The number of rotatable bonds is 8. The molecular formula is C29H22ClNO5. The average molecular weight is 500 g/mol. The zero-order chi connectivity index (χ0) is 25.2. The van der Waals surface area contributed by atoms with Gasteiger partial charge in [-0.1, -0.05) is 60.1 Å². The highest BCUT2D eigenvalue weighted by atomic mass is 35.5. The van der Waals surface area contributed by atoms with Gasteiger partial charge < -0.3 is 9.15 Å². The van der Waals surface area contributed by atoms with Crippen LogP contribution < -0.4 is 10.2 Å². The Balaban J connectivity index is 1.44. The summed E-state index contributed by atoms with van der Waals surface area (Å²) in [6, 6.07) is 19.3. The first-order valence-electron chi connectivity index (χ1n) is 11.5. The van der Waals surface area contributed by atoms with Crippen molar-refractivity contribution >= 4 is 34.4 Å².